The Kier molecular flexibility index (Phi) is 4.23. The second-order valence-electron chi connectivity index (χ2n) is 4.82. The van der Waals surface area contributed by atoms with Crippen LogP contribution in [0.15, 0.2) is 40.9 Å². The number of hydrogen-bond acceptors (Lipinski definition) is 1. The predicted molar refractivity (Wildman–Crippen MR) is 78.5 cm³/mol. The van der Waals surface area contributed by atoms with Crippen LogP contribution in [0.2, 0.25) is 0 Å². The Morgan fingerprint density at radius 3 is 2.19 bits per heavy atom. The molecule has 0 saturated heterocycles. The summed E-state index contributed by atoms with van der Waals surface area (Å²) in [5, 5.41) is 0. The van der Waals surface area contributed by atoms with E-state index in [0.717, 1.165) is 22.2 Å². The van der Waals surface area contributed by atoms with Crippen molar-refractivity contribution in [3.05, 3.63) is 68.7 Å². The largest absolute Gasteiger partial charge is 0.416 e. The van der Waals surface area contributed by atoms with Crippen molar-refractivity contribution in [2.24, 2.45) is 0 Å². The highest BCUT2D eigenvalue weighted by molar-refractivity contribution is 9.10. The van der Waals surface area contributed by atoms with Crippen molar-refractivity contribution in [1.29, 1.82) is 0 Å². The van der Waals surface area contributed by atoms with Crippen molar-refractivity contribution >= 4 is 21.7 Å². The van der Waals surface area contributed by atoms with E-state index < -0.39 is 11.7 Å². The van der Waals surface area contributed by atoms with Gasteiger partial charge in [0, 0.05) is 15.6 Å². The van der Waals surface area contributed by atoms with Crippen molar-refractivity contribution in [3.8, 4) is 0 Å². The topological polar surface area (TPSA) is 17.1 Å². The first-order valence-corrected chi connectivity index (χ1v) is 6.98. The molecule has 0 bridgehead atoms. The number of alkyl halides is 3. The molecule has 0 N–H and O–H groups in total. The van der Waals surface area contributed by atoms with Crippen LogP contribution in [0.3, 0.4) is 0 Å². The first-order chi connectivity index (χ1) is 9.70. The fourth-order valence-electron chi connectivity index (χ4n) is 2.04. The average molecular weight is 357 g/mol. The van der Waals surface area contributed by atoms with Gasteiger partial charge >= 0.3 is 6.18 Å². The molecule has 0 aliphatic heterocycles. The Morgan fingerprint density at radius 2 is 1.67 bits per heavy atom. The molecule has 0 heterocycles. The molecule has 2 rings (SSSR count). The Balaban J connectivity index is 2.42. The second-order valence-corrected chi connectivity index (χ2v) is 5.67. The minimum atomic E-state index is -4.40. The van der Waals surface area contributed by atoms with Gasteiger partial charge in [-0.05, 0) is 55.3 Å². The van der Waals surface area contributed by atoms with E-state index in [9.17, 15) is 18.0 Å². The molecule has 21 heavy (non-hydrogen) atoms. The summed E-state index contributed by atoms with van der Waals surface area (Å²) in [7, 11) is 0. The maximum atomic E-state index is 12.6. The zero-order chi connectivity index (χ0) is 15.8. The van der Waals surface area contributed by atoms with Crippen LogP contribution in [-0.2, 0) is 6.18 Å². The number of ketones is 1. The van der Waals surface area contributed by atoms with Crippen LogP contribution in [0, 0.1) is 13.8 Å². The van der Waals surface area contributed by atoms with Gasteiger partial charge in [0.2, 0.25) is 0 Å². The highest BCUT2D eigenvalue weighted by Gasteiger charge is 2.31. The third-order valence-corrected chi connectivity index (χ3v) is 4.11. The average Bonchev–Trinajstić information content (AvgIpc) is 2.40. The molecule has 1 nitrogen and oxygen atoms in total. The minimum Gasteiger partial charge on any atom is -0.289 e. The van der Waals surface area contributed by atoms with Crippen LogP contribution in [-0.4, -0.2) is 5.78 Å². The summed E-state index contributed by atoms with van der Waals surface area (Å²) in [5.41, 5.74) is 1.20. The van der Waals surface area contributed by atoms with Crippen LogP contribution in [0.1, 0.15) is 32.6 Å². The van der Waals surface area contributed by atoms with Gasteiger partial charge in [-0.1, -0.05) is 22.0 Å². The number of halogens is 4. The van der Waals surface area contributed by atoms with Crippen molar-refractivity contribution in [2.75, 3.05) is 0 Å². The fourth-order valence-corrected chi connectivity index (χ4v) is 2.28. The van der Waals surface area contributed by atoms with E-state index in [-0.39, 0.29) is 11.3 Å². The summed E-state index contributed by atoms with van der Waals surface area (Å²) in [4.78, 5) is 12.4. The summed E-state index contributed by atoms with van der Waals surface area (Å²) >= 11 is 3.34. The van der Waals surface area contributed by atoms with Crippen molar-refractivity contribution < 1.29 is 18.0 Å². The van der Waals surface area contributed by atoms with Gasteiger partial charge in [0.15, 0.2) is 5.78 Å². The zero-order valence-electron chi connectivity index (χ0n) is 11.4. The third-order valence-electron chi connectivity index (χ3n) is 3.22. The molecular formula is C16H12BrF3O. The van der Waals surface area contributed by atoms with Crippen molar-refractivity contribution in [2.45, 2.75) is 20.0 Å². The molecule has 0 aliphatic carbocycles. The van der Waals surface area contributed by atoms with Crippen LogP contribution < -0.4 is 0 Å². The summed E-state index contributed by atoms with van der Waals surface area (Å²) in [6.07, 6.45) is -4.40. The van der Waals surface area contributed by atoms with Gasteiger partial charge in [0.25, 0.3) is 0 Å². The standard InChI is InChI=1S/C16H12BrF3O/c1-9-8-12(16(18,19)20)4-5-13(9)15(21)11-3-6-14(17)10(2)7-11/h3-8H,1-2H3. The molecule has 5 heteroatoms. The SMILES string of the molecule is Cc1cc(C(=O)c2ccc(C(F)(F)F)cc2C)ccc1Br. The van der Waals surface area contributed by atoms with Gasteiger partial charge in [0.05, 0.1) is 5.56 Å². The molecule has 0 aromatic heterocycles. The quantitative estimate of drug-likeness (QED) is 0.666. The molecular weight excluding hydrogens is 345 g/mol. The molecule has 2 aromatic carbocycles. The Hall–Kier alpha value is -1.62. The lowest BCUT2D eigenvalue weighted by atomic mass is 9.96. The number of aryl methyl sites for hydroxylation is 2. The molecule has 0 spiro atoms. The smallest absolute Gasteiger partial charge is 0.289 e. The third kappa shape index (κ3) is 3.35. The van der Waals surface area contributed by atoms with Gasteiger partial charge in [-0.15, -0.1) is 0 Å². The van der Waals surface area contributed by atoms with Crippen LogP contribution in [0.25, 0.3) is 0 Å². The van der Waals surface area contributed by atoms with Gasteiger partial charge in [-0.2, -0.15) is 13.2 Å². The molecule has 2 aromatic rings. The summed E-state index contributed by atoms with van der Waals surface area (Å²) in [6, 6.07) is 8.28. The van der Waals surface area contributed by atoms with Gasteiger partial charge < -0.3 is 0 Å². The van der Waals surface area contributed by atoms with Crippen LogP contribution in [0.5, 0.6) is 0 Å². The highest BCUT2D eigenvalue weighted by atomic mass is 79.9. The number of hydrogen-bond donors (Lipinski definition) is 0. The molecule has 0 saturated carbocycles. The van der Waals surface area contributed by atoms with E-state index in [1.807, 2.05) is 6.92 Å². The molecule has 0 fully saturated rings. The molecule has 0 unspecified atom stereocenters. The Morgan fingerprint density at radius 1 is 1.00 bits per heavy atom. The first kappa shape index (κ1) is 15.8. The lowest BCUT2D eigenvalue weighted by molar-refractivity contribution is -0.137. The molecule has 0 radical (unpaired) electrons. The molecule has 110 valence electrons. The Labute approximate surface area is 128 Å². The maximum Gasteiger partial charge on any atom is 0.416 e. The summed E-state index contributed by atoms with van der Waals surface area (Å²) in [6.45, 7) is 3.36. The maximum absolute atomic E-state index is 12.6. The first-order valence-electron chi connectivity index (χ1n) is 6.19. The monoisotopic (exact) mass is 356 g/mol. The lowest BCUT2D eigenvalue weighted by Gasteiger charge is -2.11. The van der Waals surface area contributed by atoms with E-state index in [4.69, 9.17) is 0 Å². The van der Waals surface area contributed by atoms with Gasteiger partial charge in [0.1, 0.15) is 0 Å². The second kappa shape index (κ2) is 5.64. The van der Waals surface area contributed by atoms with Crippen LogP contribution in [0.4, 0.5) is 13.2 Å². The fraction of sp³-hybridized carbons (Fsp3) is 0.188. The molecule has 0 atom stereocenters. The summed E-state index contributed by atoms with van der Waals surface area (Å²) < 4.78 is 38.8. The normalized spacial score (nSPS) is 11.5. The van der Waals surface area contributed by atoms with E-state index in [1.54, 1.807) is 18.2 Å². The van der Waals surface area contributed by atoms with Crippen molar-refractivity contribution in [1.82, 2.24) is 0 Å². The number of carbonyl (C=O) groups excluding carboxylic acids is 1. The highest BCUT2D eigenvalue weighted by Crippen LogP contribution is 2.31. The van der Waals surface area contributed by atoms with E-state index >= 15 is 0 Å². The minimum absolute atomic E-state index is 0.281. The lowest BCUT2D eigenvalue weighted by Crippen LogP contribution is -2.09. The predicted octanol–water partition coefficient (Wildman–Crippen LogP) is 5.32. The number of carbonyl (C=O) groups is 1. The zero-order valence-corrected chi connectivity index (χ0v) is 13.0. The summed E-state index contributed by atoms with van der Waals surface area (Å²) in [5.74, 6) is -0.281. The van der Waals surface area contributed by atoms with E-state index in [2.05, 4.69) is 15.9 Å². The molecule has 0 amide bonds. The van der Waals surface area contributed by atoms with Crippen molar-refractivity contribution in [3.63, 3.8) is 0 Å². The van der Waals surface area contributed by atoms with Gasteiger partial charge in [-0.3, -0.25) is 4.79 Å². The van der Waals surface area contributed by atoms with Gasteiger partial charge in [-0.25, -0.2) is 0 Å². The van der Waals surface area contributed by atoms with Crippen LogP contribution >= 0.6 is 15.9 Å². The van der Waals surface area contributed by atoms with E-state index in [0.29, 0.717) is 11.1 Å². The Bertz CT molecular complexity index is 705. The van der Waals surface area contributed by atoms with E-state index in [1.165, 1.54) is 13.0 Å². The number of rotatable bonds is 2. The molecule has 0 aliphatic rings. The number of benzene rings is 2.